The molecule has 0 fully saturated rings. The molecule has 0 amide bonds. The van der Waals surface area contributed by atoms with Crippen molar-refractivity contribution < 1.29 is 19.7 Å². The van der Waals surface area contributed by atoms with Crippen LogP contribution in [0.1, 0.15) is 44.5 Å². The fourth-order valence-corrected chi connectivity index (χ4v) is 4.31. The van der Waals surface area contributed by atoms with Gasteiger partial charge in [-0.25, -0.2) is 4.39 Å². The Balaban J connectivity index is 1.69. The molecule has 0 aliphatic rings. The maximum atomic E-state index is 13.3. The zero-order valence-corrected chi connectivity index (χ0v) is 19.7. The summed E-state index contributed by atoms with van der Waals surface area (Å²) in [5, 5.41) is 42.4. The molecule has 3 aromatic rings. The molecular weight excluding hydrogens is 443 g/mol. The van der Waals surface area contributed by atoms with E-state index in [9.17, 15) is 19.7 Å². The smallest absolute Gasteiger partial charge is 0.196 e. The number of unbranched alkanes of at least 4 members (excludes halogenated alkanes) is 1. The second kappa shape index (κ2) is 12.0. The van der Waals surface area contributed by atoms with E-state index in [-0.39, 0.29) is 11.5 Å². The minimum atomic E-state index is -0.522. The quantitative estimate of drug-likeness (QED) is 0.175. The average molecular weight is 475 g/mol. The molecule has 9 heteroatoms. The number of benzene rings is 2. The Morgan fingerprint density at radius 1 is 1.09 bits per heavy atom. The number of aryl methyl sites for hydroxylation is 1. The van der Waals surface area contributed by atoms with E-state index in [1.165, 1.54) is 17.8 Å². The number of halogens is 1. The van der Waals surface area contributed by atoms with Gasteiger partial charge in [-0.05, 0) is 49.9 Å². The second-order valence-corrected chi connectivity index (χ2v) is 9.32. The molecule has 0 bridgehead atoms. The van der Waals surface area contributed by atoms with Gasteiger partial charge in [0.25, 0.3) is 0 Å². The number of phenolic OH excluding ortho intramolecular Hbond substituents is 2. The molecule has 4 N–H and O–H groups in total. The fourth-order valence-electron chi connectivity index (χ4n) is 3.34. The molecule has 1 atom stereocenters. The summed E-state index contributed by atoms with van der Waals surface area (Å²) in [5.74, 6) is 1.16. The van der Waals surface area contributed by atoms with E-state index in [1.54, 1.807) is 24.3 Å². The highest BCUT2D eigenvalue weighted by Crippen LogP contribution is 2.30. The first-order chi connectivity index (χ1) is 15.8. The minimum absolute atomic E-state index is 0.101. The second-order valence-electron chi connectivity index (χ2n) is 8.38. The number of aromatic nitrogens is 3. The fraction of sp³-hybridized carbons (Fsp3) is 0.417. The number of aliphatic hydroxyl groups is 1. The lowest BCUT2D eigenvalue weighted by molar-refractivity contribution is 0.121. The molecule has 0 spiro atoms. The van der Waals surface area contributed by atoms with E-state index in [0.717, 1.165) is 37.0 Å². The normalized spacial score (nSPS) is 12.4. The summed E-state index contributed by atoms with van der Waals surface area (Å²) in [7, 11) is 0. The molecule has 0 radical (unpaired) electrons. The van der Waals surface area contributed by atoms with Crippen LogP contribution in [-0.4, -0.2) is 42.9 Å². The van der Waals surface area contributed by atoms with Gasteiger partial charge in [-0.3, -0.25) is 9.88 Å². The van der Waals surface area contributed by atoms with Gasteiger partial charge in [0.1, 0.15) is 29.4 Å². The number of hydrogen-bond acceptors (Lipinski definition) is 7. The van der Waals surface area contributed by atoms with Crippen molar-refractivity contribution >= 4 is 11.8 Å². The van der Waals surface area contributed by atoms with Gasteiger partial charge in [0.05, 0.1) is 5.69 Å². The van der Waals surface area contributed by atoms with Gasteiger partial charge in [0.2, 0.25) is 0 Å². The largest absolute Gasteiger partial charge is 0.508 e. The highest BCUT2D eigenvalue weighted by molar-refractivity contribution is 7.98. The molecule has 178 valence electrons. The van der Waals surface area contributed by atoms with Gasteiger partial charge >= 0.3 is 0 Å². The number of nitrogens with one attached hydrogen (secondary N) is 1. The number of aliphatic hydroxyl groups excluding tert-OH is 1. The average Bonchev–Trinajstić information content (AvgIpc) is 3.17. The number of thioether (sulfide) groups is 1. The number of aromatic hydroxyl groups is 2. The lowest BCUT2D eigenvalue weighted by Gasteiger charge is -2.14. The Bertz CT molecular complexity index is 1040. The molecular formula is C24H31FN4O3S. The van der Waals surface area contributed by atoms with E-state index in [0.29, 0.717) is 35.2 Å². The lowest BCUT2D eigenvalue weighted by atomic mass is 10.1. The predicted molar refractivity (Wildman–Crippen MR) is 127 cm³/mol. The molecule has 33 heavy (non-hydrogen) atoms. The zero-order chi connectivity index (χ0) is 23.8. The van der Waals surface area contributed by atoms with Crippen molar-refractivity contribution in [3.05, 3.63) is 59.7 Å². The first-order valence-corrected chi connectivity index (χ1v) is 12.1. The number of phenols is 2. The summed E-state index contributed by atoms with van der Waals surface area (Å²) < 4.78 is 15.2. The molecule has 0 aliphatic carbocycles. The molecule has 1 heterocycles. The van der Waals surface area contributed by atoms with Crippen molar-refractivity contribution in [3.8, 4) is 17.2 Å². The Morgan fingerprint density at radius 3 is 2.64 bits per heavy atom. The van der Waals surface area contributed by atoms with Crippen LogP contribution in [0.5, 0.6) is 11.5 Å². The Hall–Kier alpha value is -2.62. The van der Waals surface area contributed by atoms with Crippen LogP contribution in [0.4, 0.5) is 4.39 Å². The molecule has 2 aromatic carbocycles. The third kappa shape index (κ3) is 7.45. The maximum absolute atomic E-state index is 13.3. The molecule has 1 aromatic heterocycles. The van der Waals surface area contributed by atoms with Gasteiger partial charge in [-0.15, -0.1) is 10.2 Å². The van der Waals surface area contributed by atoms with Crippen LogP contribution in [0.2, 0.25) is 0 Å². The number of nitrogens with zero attached hydrogens (tertiary/aromatic N) is 3. The van der Waals surface area contributed by atoms with Crippen LogP contribution in [0, 0.1) is 11.7 Å². The van der Waals surface area contributed by atoms with E-state index < -0.39 is 12.0 Å². The summed E-state index contributed by atoms with van der Waals surface area (Å²) in [6.07, 6.45) is 2.43. The number of hydrogen-bond donors (Lipinski definition) is 4. The molecule has 0 saturated heterocycles. The highest BCUT2D eigenvalue weighted by Gasteiger charge is 2.16. The van der Waals surface area contributed by atoms with Gasteiger partial charge < -0.3 is 15.3 Å². The van der Waals surface area contributed by atoms with Crippen LogP contribution < -0.4 is 5.32 Å². The first kappa shape index (κ1) is 25.0. The van der Waals surface area contributed by atoms with Gasteiger partial charge in [-0.2, -0.15) is 0 Å². The third-order valence-corrected chi connectivity index (χ3v) is 6.06. The van der Waals surface area contributed by atoms with Gasteiger partial charge in [-0.1, -0.05) is 37.7 Å². The predicted octanol–water partition coefficient (Wildman–Crippen LogP) is 4.39. The van der Waals surface area contributed by atoms with Crippen LogP contribution in [0.25, 0.3) is 5.69 Å². The summed E-state index contributed by atoms with van der Waals surface area (Å²) >= 11 is 1.37. The highest BCUT2D eigenvalue weighted by atomic mass is 32.2. The van der Waals surface area contributed by atoms with E-state index >= 15 is 0 Å². The first-order valence-electron chi connectivity index (χ1n) is 11.1. The summed E-state index contributed by atoms with van der Waals surface area (Å²) in [6, 6.07) is 10.8. The van der Waals surface area contributed by atoms with Gasteiger partial charge in [0.15, 0.2) is 5.16 Å². The SMILES string of the molecule is CC(C)CNC(O)CCCCc1nnc(SCc2ccc(F)cc2O)n1-c1cccc(O)c1. The van der Waals surface area contributed by atoms with E-state index in [1.807, 2.05) is 10.6 Å². The van der Waals surface area contributed by atoms with Crippen molar-refractivity contribution in [2.45, 2.75) is 56.7 Å². The summed E-state index contributed by atoms with van der Waals surface area (Å²) in [4.78, 5) is 0. The standard InChI is InChI=1S/C24H31FN4O3S/c1-16(2)14-26-23(32)9-4-3-8-22-27-28-24(29(22)19-6-5-7-20(30)13-19)33-15-17-10-11-18(25)12-21(17)31/h5-7,10-13,16,23,26,30-32H,3-4,8-9,14-15H2,1-2H3. The van der Waals surface area contributed by atoms with Crippen LogP contribution in [0.3, 0.4) is 0 Å². The molecule has 1 unspecified atom stereocenters. The Labute approximate surface area is 197 Å². The van der Waals surface area contributed by atoms with Crippen molar-refractivity contribution in [1.29, 1.82) is 0 Å². The third-order valence-electron chi connectivity index (χ3n) is 5.08. The van der Waals surface area contributed by atoms with Gasteiger partial charge in [0, 0.05) is 29.9 Å². The Morgan fingerprint density at radius 2 is 1.91 bits per heavy atom. The monoisotopic (exact) mass is 474 g/mol. The minimum Gasteiger partial charge on any atom is -0.508 e. The van der Waals surface area contributed by atoms with E-state index in [4.69, 9.17) is 0 Å². The lowest BCUT2D eigenvalue weighted by Crippen LogP contribution is -2.31. The van der Waals surface area contributed by atoms with Crippen LogP contribution in [-0.2, 0) is 12.2 Å². The topological polar surface area (TPSA) is 103 Å². The summed E-state index contributed by atoms with van der Waals surface area (Å²) in [5.41, 5.74) is 1.33. The number of rotatable bonds is 12. The molecule has 0 saturated carbocycles. The van der Waals surface area contributed by atoms with E-state index in [2.05, 4.69) is 29.4 Å². The zero-order valence-electron chi connectivity index (χ0n) is 18.9. The van der Waals surface area contributed by atoms with Crippen molar-refractivity contribution in [2.24, 2.45) is 5.92 Å². The summed E-state index contributed by atoms with van der Waals surface area (Å²) in [6.45, 7) is 4.97. The molecule has 3 rings (SSSR count). The van der Waals surface area contributed by atoms with Crippen LogP contribution >= 0.6 is 11.8 Å². The molecule has 0 aliphatic heterocycles. The van der Waals surface area contributed by atoms with Crippen molar-refractivity contribution in [3.63, 3.8) is 0 Å². The van der Waals surface area contributed by atoms with Crippen molar-refractivity contribution in [2.75, 3.05) is 6.54 Å². The van der Waals surface area contributed by atoms with Crippen molar-refractivity contribution in [1.82, 2.24) is 20.1 Å². The van der Waals surface area contributed by atoms with Crippen LogP contribution in [0.15, 0.2) is 47.6 Å². The molecule has 7 nitrogen and oxygen atoms in total. The Kier molecular flexibility index (Phi) is 9.11. The maximum Gasteiger partial charge on any atom is 0.196 e.